The number of aromatic nitrogens is 2. The first-order valence-corrected chi connectivity index (χ1v) is 12.9. The summed E-state index contributed by atoms with van der Waals surface area (Å²) in [4.78, 5) is 30.4. The third-order valence-electron chi connectivity index (χ3n) is 5.49. The van der Waals surface area contributed by atoms with Crippen LogP contribution in [-0.2, 0) is 29.1 Å². The van der Waals surface area contributed by atoms with Gasteiger partial charge in [-0.2, -0.15) is 13.2 Å². The van der Waals surface area contributed by atoms with Crippen LogP contribution in [0.25, 0.3) is 11.1 Å². The molecule has 0 saturated heterocycles. The van der Waals surface area contributed by atoms with E-state index in [9.17, 15) is 31.2 Å². The minimum absolute atomic E-state index is 0.0185. The Morgan fingerprint density at radius 2 is 1.86 bits per heavy atom. The van der Waals surface area contributed by atoms with Crippen LogP contribution in [0.2, 0.25) is 0 Å². The Balaban J connectivity index is 2.01. The lowest BCUT2D eigenvalue weighted by atomic mass is 9.98. The smallest absolute Gasteiger partial charge is 0.350 e. The average Bonchev–Trinajstić information content (AvgIpc) is 2.78. The molecule has 7 nitrogen and oxygen atoms in total. The number of amides is 1. The van der Waals surface area contributed by atoms with Crippen molar-refractivity contribution < 1.29 is 26.4 Å². The van der Waals surface area contributed by atoms with Crippen molar-refractivity contribution in [2.24, 2.45) is 5.92 Å². The highest BCUT2D eigenvalue weighted by molar-refractivity contribution is 7.90. The standard InChI is InChI=1S/C25H26F3N3O4S/c1-15(2)13-31-14-21(24(33)30-11-19-8-9-20(12-29-19)36(4,34)35)23(32)22(16(31)3)17-6-5-7-18(10-17)25(26,27)28/h5-10,12,14-15H,11,13H2,1-4H3,(H,30,33). The molecule has 2 aromatic heterocycles. The fraction of sp³-hybridized carbons (Fsp3) is 0.320. The van der Waals surface area contributed by atoms with E-state index >= 15 is 0 Å². The summed E-state index contributed by atoms with van der Waals surface area (Å²) in [6.45, 7) is 5.86. The summed E-state index contributed by atoms with van der Waals surface area (Å²) >= 11 is 0. The summed E-state index contributed by atoms with van der Waals surface area (Å²) in [5.74, 6) is -0.589. The Hall–Kier alpha value is -3.47. The maximum Gasteiger partial charge on any atom is 0.416 e. The van der Waals surface area contributed by atoms with Crippen molar-refractivity contribution in [3.63, 3.8) is 0 Å². The number of hydrogen-bond acceptors (Lipinski definition) is 5. The van der Waals surface area contributed by atoms with Crippen LogP contribution < -0.4 is 10.7 Å². The first kappa shape index (κ1) is 27.1. The van der Waals surface area contributed by atoms with E-state index in [0.717, 1.165) is 18.4 Å². The molecule has 1 N–H and O–H groups in total. The summed E-state index contributed by atoms with van der Waals surface area (Å²) in [6.07, 6.45) is -0.961. The van der Waals surface area contributed by atoms with Gasteiger partial charge in [-0.05, 0) is 42.7 Å². The highest BCUT2D eigenvalue weighted by Crippen LogP contribution is 2.32. The molecule has 3 rings (SSSR count). The summed E-state index contributed by atoms with van der Waals surface area (Å²) in [5, 5.41) is 2.58. The van der Waals surface area contributed by atoms with Gasteiger partial charge in [-0.15, -0.1) is 0 Å². The second-order valence-corrected chi connectivity index (χ2v) is 10.9. The third kappa shape index (κ3) is 6.20. The number of halogens is 3. The van der Waals surface area contributed by atoms with Crippen LogP contribution >= 0.6 is 0 Å². The van der Waals surface area contributed by atoms with Crippen LogP contribution in [0.5, 0.6) is 0 Å². The van der Waals surface area contributed by atoms with E-state index in [0.29, 0.717) is 17.9 Å². The van der Waals surface area contributed by atoms with Crippen molar-refractivity contribution in [3.05, 3.63) is 81.5 Å². The second kappa shape index (κ2) is 10.3. The number of nitrogens with zero attached hydrogens (tertiary/aromatic N) is 2. The van der Waals surface area contributed by atoms with E-state index in [1.165, 1.54) is 36.7 Å². The van der Waals surface area contributed by atoms with Gasteiger partial charge >= 0.3 is 6.18 Å². The molecule has 192 valence electrons. The van der Waals surface area contributed by atoms with Gasteiger partial charge in [-0.3, -0.25) is 14.6 Å². The zero-order valence-electron chi connectivity index (χ0n) is 20.2. The fourth-order valence-electron chi connectivity index (χ4n) is 3.69. The number of pyridine rings is 2. The number of benzene rings is 1. The van der Waals surface area contributed by atoms with Gasteiger partial charge in [-0.25, -0.2) is 8.42 Å². The number of nitrogens with one attached hydrogen (secondary N) is 1. The topological polar surface area (TPSA) is 98.1 Å². The third-order valence-corrected chi connectivity index (χ3v) is 6.59. The van der Waals surface area contributed by atoms with Gasteiger partial charge in [0.1, 0.15) is 5.56 Å². The molecule has 0 aliphatic rings. The molecule has 0 saturated carbocycles. The Kier molecular flexibility index (Phi) is 7.73. The number of sulfone groups is 1. The van der Waals surface area contributed by atoms with E-state index in [1.54, 1.807) is 11.5 Å². The highest BCUT2D eigenvalue weighted by Gasteiger charge is 2.31. The molecule has 0 spiro atoms. The van der Waals surface area contributed by atoms with E-state index < -0.39 is 32.9 Å². The van der Waals surface area contributed by atoms with Crippen molar-refractivity contribution >= 4 is 15.7 Å². The van der Waals surface area contributed by atoms with Gasteiger partial charge in [0.2, 0.25) is 5.43 Å². The van der Waals surface area contributed by atoms with Gasteiger partial charge in [0.25, 0.3) is 5.91 Å². The van der Waals surface area contributed by atoms with E-state index in [4.69, 9.17) is 0 Å². The molecule has 36 heavy (non-hydrogen) atoms. The van der Waals surface area contributed by atoms with Gasteiger partial charge in [0.05, 0.1) is 22.7 Å². The molecule has 11 heteroatoms. The van der Waals surface area contributed by atoms with Crippen LogP contribution in [0.3, 0.4) is 0 Å². The Bertz CT molecular complexity index is 1440. The minimum atomic E-state index is -4.59. The number of carbonyl (C=O) groups is 1. The lowest BCUT2D eigenvalue weighted by Crippen LogP contribution is -2.31. The Morgan fingerprint density at radius 3 is 2.42 bits per heavy atom. The fourth-order valence-corrected chi connectivity index (χ4v) is 4.25. The molecule has 0 bridgehead atoms. The molecule has 0 fully saturated rings. The second-order valence-electron chi connectivity index (χ2n) is 8.90. The molecule has 0 unspecified atom stereocenters. The van der Waals surface area contributed by atoms with Crippen LogP contribution in [0.1, 0.15) is 41.2 Å². The predicted octanol–water partition coefficient (Wildman–Crippen LogP) is 4.23. The summed E-state index contributed by atoms with van der Waals surface area (Å²) in [5.41, 5.74) is -0.910. The van der Waals surface area contributed by atoms with Gasteiger partial charge in [-0.1, -0.05) is 26.0 Å². The zero-order chi connectivity index (χ0) is 26.8. The normalized spacial score (nSPS) is 12.1. The van der Waals surface area contributed by atoms with Crippen LogP contribution in [0.15, 0.2) is 58.5 Å². The first-order valence-electron chi connectivity index (χ1n) is 11.0. The molecular formula is C25H26F3N3O4S. The van der Waals surface area contributed by atoms with E-state index in [-0.39, 0.29) is 34.0 Å². The van der Waals surface area contributed by atoms with E-state index in [1.807, 2.05) is 13.8 Å². The van der Waals surface area contributed by atoms with Crippen molar-refractivity contribution in [1.29, 1.82) is 0 Å². The van der Waals surface area contributed by atoms with E-state index in [2.05, 4.69) is 10.3 Å². The number of hydrogen-bond donors (Lipinski definition) is 1. The monoisotopic (exact) mass is 521 g/mol. The molecule has 2 heterocycles. The highest BCUT2D eigenvalue weighted by atomic mass is 32.2. The SMILES string of the molecule is Cc1c(-c2cccc(C(F)(F)F)c2)c(=O)c(C(=O)NCc2ccc(S(C)(=O)=O)cn2)cn1CC(C)C. The minimum Gasteiger partial charge on any atom is -0.350 e. The molecular weight excluding hydrogens is 495 g/mol. The quantitative estimate of drug-likeness (QED) is 0.502. The van der Waals surface area contributed by atoms with Crippen molar-refractivity contribution in [1.82, 2.24) is 14.9 Å². The molecule has 0 radical (unpaired) electrons. The average molecular weight is 522 g/mol. The molecule has 0 aliphatic carbocycles. The summed E-state index contributed by atoms with van der Waals surface area (Å²) in [6, 6.07) is 7.26. The lowest BCUT2D eigenvalue weighted by Gasteiger charge is -2.19. The number of rotatable bonds is 7. The predicted molar refractivity (Wildman–Crippen MR) is 129 cm³/mol. The van der Waals surface area contributed by atoms with Crippen LogP contribution in [-0.4, -0.2) is 30.1 Å². The van der Waals surface area contributed by atoms with Gasteiger partial charge in [0, 0.05) is 36.5 Å². The van der Waals surface area contributed by atoms with Crippen molar-refractivity contribution in [3.8, 4) is 11.1 Å². The largest absolute Gasteiger partial charge is 0.416 e. The zero-order valence-corrected chi connectivity index (χ0v) is 21.0. The Labute approximate surface area is 206 Å². The van der Waals surface area contributed by atoms with Crippen molar-refractivity contribution in [2.75, 3.05) is 6.26 Å². The lowest BCUT2D eigenvalue weighted by molar-refractivity contribution is -0.137. The van der Waals surface area contributed by atoms with Crippen molar-refractivity contribution in [2.45, 2.75) is 44.9 Å². The summed E-state index contributed by atoms with van der Waals surface area (Å²) in [7, 11) is -3.43. The molecule has 3 aromatic rings. The van der Waals surface area contributed by atoms with Crippen LogP contribution in [0, 0.1) is 12.8 Å². The summed E-state index contributed by atoms with van der Waals surface area (Å²) < 4.78 is 64.8. The van der Waals surface area contributed by atoms with Gasteiger partial charge in [0.15, 0.2) is 9.84 Å². The maximum atomic E-state index is 13.4. The van der Waals surface area contributed by atoms with Crippen LogP contribution in [0.4, 0.5) is 13.2 Å². The number of alkyl halides is 3. The molecule has 1 aromatic carbocycles. The first-order chi connectivity index (χ1) is 16.7. The Morgan fingerprint density at radius 1 is 1.17 bits per heavy atom. The number of carbonyl (C=O) groups excluding carboxylic acids is 1. The molecule has 0 aliphatic heterocycles. The maximum absolute atomic E-state index is 13.4. The van der Waals surface area contributed by atoms with Gasteiger partial charge < -0.3 is 9.88 Å². The molecule has 0 atom stereocenters. The molecule has 1 amide bonds.